The van der Waals surface area contributed by atoms with E-state index in [1.165, 1.54) is 18.2 Å². The Morgan fingerprint density at radius 3 is 2.81 bits per heavy atom. The molecule has 16 heavy (non-hydrogen) atoms. The fourth-order valence-electron chi connectivity index (χ4n) is 1.74. The summed E-state index contributed by atoms with van der Waals surface area (Å²) in [5, 5.41) is 2.88. The van der Waals surface area contributed by atoms with Crippen LogP contribution >= 0.6 is 0 Å². The summed E-state index contributed by atoms with van der Waals surface area (Å²) in [5.74, 6) is -0.606. The first-order valence-electron chi connectivity index (χ1n) is 5.40. The number of hydrogen-bond acceptors (Lipinski definition) is 2. The van der Waals surface area contributed by atoms with Gasteiger partial charge in [-0.05, 0) is 31.0 Å². The van der Waals surface area contributed by atoms with Crippen LogP contribution in [0, 0.1) is 5.82 Å². The molecule has 1 aromatic rings. The van der Waals surface area contributed by atoms with Crippen LogP contribution in [0.5, 0.6) is 0 Å². The number of ether oxygens (including phenoxy) is 1. The zero-order valence-electron chi connectivity index (χ0n) is 8.91. The lowest BCUT2D eigenvalue weighted by molar-refractivity contribution is 0.0696. The number of rotatable bonds is 2. The Morgan fingerprint density at radius 1 is 1.38 bits per heavy atom. The van der Waals surface area contributed by atoms with E-state index in [0.29, 0.717) is 18.8 Å². The van der Waals surface area contributed by atoms with Crippen molar-refractivity contribution in [2.45, 2.75) is 18.9 Å². The molecule has 1 saturated heterocycles. The van der Waals surface area contributed by atoms with Crippen LogP contribution in [0.4, 0.5) is 4.39 Å². The molecule has 3 nitrogen and oxygen atoms in total. The van der Waals surface area contributed by atoms with Crippen molar-refractivity contribution in [3.05, 3.63) is 35.6 Å². The van der Waals surface area contributed by atoms with Gasteiger partial charge in [-0.1, -0.05) is 6.07 Å². The topological polar surface area (TPSA) is 38.3 Å². The molecule has 0 aliphatic carbocycles. The second-order valence-corrected chi connectivity index (χ2v) is 3.87. The molecule has 0 radical (unpaired) electrons. The molecule has 0 spiro atoms. The van der Waals surface area contributed by atoms with Gasteiger partial charge in [-0.2, -0.15) is 0 Å². The average molecular weight is 223 g/mol. The Morgan fingerprint density at radius 2 is 2.12 bits per heavy atom. The van der Waals surface area contributed by atoms with Crippen molar-refractivity contribution in [1.29, 1.82) is 0 Å². The number of amides is 1. The predicted octanol–water partition coefficient (Wildman–Crippen LogP) is 1.73. The normalized spacial score (nSPS) is 17.1. The zero-order chi connectivity index (χ0) is 11.4. The number of hydrogen-bond donors (Lipinski definition) is 1. The summed E-state index contributed by atoms with van der Waals surface area (Å²) in [6.07, 6.45) is 1.64. The Hall–Kier alpha value is -1.42. The minimum atomic E-state index is -0.389. The SMILES string of the molecule is O=C(NC1CCOCC1)c1cccc(F)c1. The monoisotopic (exact) mass is 223 g/mol. The lowest BCUT2D eigenvalue weighted by Crippen LogP contribution is -2.38. The van der Waals surface area contributed by atoms with Crippen molar-refractivity contribution in [1.82, 2.24) is 5.32 Å². The summed E-state index contributed by atoms with van der Waals surface area (Å²) in [6, 6.07) is 5.86. The largest absolute Gasteiger partial charge is 0.381 e. The maximum absolute atomic E-state index is 12.9. The highest BCUT2D eigenvalue weighted by molar-refractivity contribution is 5.94. The Labute approximate surface area is 93.6 Å². The molecule has 0 aromatic heterocycles. The summed E-state index contributed by atoms with van der Waals surface area (Å²) in [5.41, 5.74) is 0.367. The van der Waals surface area contributed by atoms with E-state index in [0.717, 1.165) is 12.8 Å². The quantitative estimate of drug-likeness (QED) is 0.829. The van der Waals surface area contributed by atoms with Gasteiger partial charge in [0.05, 0.1) is 0 Å². The van der Waals surface area contributed by atoms with Crippen LogP contribution in [0.15, 0.2) is 24.3 Å². The molecule has 86 valence electrons. The summed E-state index contributed by atoms with van der Waals surface area (Å²) < 4.78 is 18.1. The lowest BCUT2D eigenvalue weighted by Gasteiger charge is -2.23. The van der Waals surface area contributed by atoms with Gasteiger partial charge in [-0.25, -0.2) is 4.39 Å². The van der Waals surface area contributed by atoms with Gasteiger partial charge in [-0.15, -0.1) is 0 Å². The fraction of sp³-hybridized carbons (Fsp3) is 0.417. The Balaban J connectivity index is 1.97. The second-order valence-electron chi connectivity index (χ2n) is 3.87. The highest BCUT2D eigenvalue weighted by Crippen LogP contribution is 2.08. The molecule has 1 aromatic carbocycles. The molecule has 1 amide bonds. The molecule has 1 fully saturated rings. The molecule has 1 heterocycles. The fourth-order valence-corrected chi connectivity index (χ4v) is 1.74. The highest BCUT2D eigenvalue weighted by Gasteiger charge is 2.16. The van der Waals surface area contributed by atoms with E-state index < -0.39 is 0 Å². The van der Waals surface area contributed by atoms with Crippen LogP contribution in [0.3, 0.4) is 0 Å². The molecule has 1 aliphatic heterocycles. The van der Waals surface area contributed by atoms with Crippen molar-refractivity contribution in [2.75, 3.05) is 13.2 Å². The first-order valence-corrected chi connectivity index (χ1v) is 5.40. The first kappa shape index (κ1) is 11.1. The van der Waals surface area contributed by atoms with Crippen LogP contribution < -0.4 is 5.32 Å². The molecule has 1 aliphatic rings. The van der Waals surface area contributed by atoms with Gasteiger partial charge in [0, 0.05) is 24.8 Å². The number of benzene rings is 1. The molecule has 1 N–H and O–H groups in total. The number of carbonyl (C=O) groups is 1. The lowest BCUT2D eigenvalue weighted by atomic mass is 10.1. The summed E-state index contributed by atoms with van der Waals surface area (Å²) in [4.78, 5) is 11.7. The summed E-state index contributed by atoms with van der Waals surface area (Å²) in [7, 11) is 0. The zero-order valence-corrected chi connectivity index (χ0v) is 8.91. The average Bonchev–Trinajstić information content (AvgIpc) is 2.30. The van der Waals surface area contributed by atoms with Crippen LogP contribution in [-0.2, 0) is 4.74 Å². The van der Waals surface area contributed by atoms with E-state index in [2.05, 4.69) is 5.32 Å². The first-order chi connectivity index (χ1) is 7.75. The van der Waals surface area contributed by atoms with E-state index in [9.17, 15) is 9.18 Å². The van der Waals surface area contributed by atoms with E-state index in [4.69, 9.17) is 4.74 Å². The van der Waals surface area contributed by atoms with Crippen molar-refractivity contribution < 1.29 is 13.9 Å². The number of halogens is 1. The third kappa shape index (κ3) is 2.79. The van der Waals surface area contributed by atoms with Gasteiger partial charge >= 0.3 is 0 Å². The molecule has 2 rings (SSSR count). The minimum Gasteiger partial charge on any atom is -0.381 e. The summed E-state index contributed by atoms with van der Waals surface area (Å²) >= 11 is 0. The maximum Gasteiger partial charge on any atom is 0.251 e. The van der Waals surface area contributed by atoms with E-state index in [1.807, 2.05) is 0 Å². The standard InChI is InChI=1S/C12H14FNO2/c13-10-3-1-2-9(8-10)12(15)14-11-4-6-16-7-5-11/h1-3,8,11H,4-7H2,(H,14,15). The molecule has 0 unspecified atom stereocenters. The van der Waals surface area contributed by atoms with Gasteiger partial charge in [-0.3, -0.25) is 4.79 Å². The number of nitrogens with one attached hydrogen (secondary N) is 1. The highest BCUT2D eigenvalue weighted by atomic mass is 19.1. The van der Waals surface area contributed by atoms with Gasteiger partial charge in [0.15, 0.2) is 0 Å². The molecular formula is C12H14FNO2. The molecule has 0 bridgehead atoms. The molecule has 4 heteroatoms. The van der Waals surface area contributed by atoms with E-state index in [-0.39, 0.29) is 17.8 Å². The Kier molecular flexibility index (Phi) is 3.51. The minimum absolute atomic E-state index is 0.143. The van der Waals surface area contributed by atoms with Gasteiger partial charge in [0.25, 0.3) is 5.91 Å². The van der Waals surface area contributed by atoms with Crippen molar-refractivity contribution in [2.24, 2.45) is 0 Å². The van der Waals surface area contributed by atoms with Crippen molar-refractivity contribution in [3.8, 4) is 0 Å². The number of carbonyl (C=O) groups excluding carboxylic acids is 1. The van der Waals surface area contributed by atoms with Gasteiger partial charge < -0.3 is 10.1 Å². The third-order valence-corrected chi connectivity index (χ3v) is 2.64. The predicted molar refractivity (Wildman–Crippen MR) is 57.7 cm³/mol. The van der Waals surface area contributed by atoms with Crippen LogP contribution in [0.25, 0.3) is 0 Å². The third-order valence-electron chi connectivity index (χ3n) is 2.64. The maximum atomic E-state index is 12.9. The second kappa shape index (κ2) is 5.07. The Bertz CT molecular complexity index is 375. The molecular weight excluding hydrogens is 209 g/mol. The van der Waals surface area contributed by atoms with Crippen LogP contribution in [-0.4, -0.2) is 25.2 Å². The van der Waals surface area contributed by atoms with Crippen molar-refractivity contribution >= 4 is 5.91 Å². The van der Waals surface area contributed by atoms with Gasteiger partial charge in [0.2, 0.25) is 0 Å². The van der Waals surface area contributed by atoms with E-state index >= 15 is 0 Å². The summed E-state index contributed by atoms with van der Waals surface area (Å²) in [6.45, 7) is 1.35. The smallest absolute Gasteiger partial charge is 0.251 e. The van der Waals surface area contributed by atoms with Gasteiger partial charge in [0.1, 0.15) is 5.82 Å². The van der Waals surface area contributed by atoms with Crippen molar-refractivity contribution in [3.63, 3.8) is 0 Å². The molecule has 0 saturated carbocycles. The van der Waals surface area contributed by atoms with Crippen LogP contribution in [0.2, 0.25) is 0 Å². The molecule has 0 atom stereocenters. The van der Waals surface area contributed by atoms with E-state index in [1.54, 1.807) is 6.07 Å². The van der Waals surface area contributed by atoms with Crippen LogP contribution in [0.1, 0.15) is 23.2 Å².